The lowest BCUT2D eigenvalue weighted by molar-refractivity contribution is -0.384. The summed E-state index contributed by atoms with van der Waals surface area (Å²) in [6.45, 7) is 7.94. The second-order valence-electron chi connectivity index (χ2n) is 6.91. The third-order valence-electron chi connectivity index (χ3n) is 4.62. The Bertz CT molecular complexity index is 807. The van der Waals surface area contributed by atoms with E-state index < -0.39 is 4.92 Å². The van der Waals surface area contributed by atoms with E-state index in [9.17, 15) is 14.9 Å². The molecule has 0 bridgehead atoms. The van der Waals surface area contributed by atoms with Gasteiger partial charge in [-0.2, -0.15) is 0 Å². The summed E-state index contributed by atoms with van der Waals surface area (Å²) in [4.78, 5) is 29.6. The topological polar surface area (TPSA) is 81.3 Å². The summed E-state index contributed by atoms with van der Waals surface area (Å²) in [6, 6.07) is 4.20. The first-order valence-electron chi connectivity index (χ1n) is 8.30. The first-order chi connectivity index (χ1) is 11.4. The number of rotatable bonds is 4. The van der Waals surface area contributed by atoms with E-state index in [4.69, 9.17) is 0 Å². The number of piperidine rings is 1. The van der Waals surface area contributed by atoms with Crippen molar-refractivity contribution in [1.29, 1.82) is 0 Å². The second kappa shape index (κ2) is 6.68. The Balaban J connectivity index is 1.81. The molecule has 7 nitrogen and oxygen atoms in total. The third kappa shape index (κ3) is 3.46. The molecule has 0 saturated carbocycles. The highest BCUT2D eigenvalue weighted by Crippen LogP contribution is 2.20. The van der Waals surface area contributed by atoms with Crippen LogP contribution in [0.1, 0.15) is 20.3 Å². The summed E-state index contributed by atoms with van der Waals surface area (Å²) in [6.07, 6.45) is 2.78. The van der Waals surface area contributed by atoms with Crippen LogP contribution in [0.25, 0.3) is 10.9 Å². The molecule has 0 radical (unpaired) electrons. The van der Waals surface area contributed by atoms with Crippen LogP contribution in [0.4, 0.5) is 5.69 Å². The summed E-state index contributed by atoms with van der Waals surface area (Å²) in [5.41, 5.74) is 0.182. The van der Waals surface area contributed by atoms with E-state index in [1.807, 2.05) is 0 Å². The largest absolute Gasteiger partial charge is 0.301 e. The zero-order valence-electron chi connectivity index (χ0n) is 14.0. The monoisotopic (exact) mass is 330 g/mol. The van der Waals surface area contributed by atoms with Gasteiger partial charge in [-0.15, -0.1) is 0 Å². The lowest BCUT2D eigenvalue weighted by atomic mass is 9.92. The quantitative estimate of drug-likeness (QED) is 0.634. The van der Waals surface area contributed by atoms with E-state index >= 15 is 0 Å². The minimum Gasteiger partial charge on any atom is -0.301 e. The van der Waals surface area contributed by atoms with Crippen molar-refractivity contribution in [1.82, 2.24) is 14.5 Å². The van der Waals surface area contributed by atoms with Crippen molar-refractivity contribution >= 4 is 16.6 Å². The highest BCUT2D eigenvalue weighted by Gasteiger charge is 2.21. The number of benzene rings is 1. The number of aromatic nitrogens is 2. The molecule has 24 heavy (non-hydrogen) atoms. The minimum absolute atomic E-state index is 0.0853. The second-order valence-corrected chi connectivity index (χ2v) is 6.91. The number of fused-ring (bicyclic) bond motifs is 1. The van der Waals surface area contributed by atoms with Gasteiger partial charge in [0, 0.05) is 38.3 Å². The van der Waals surface area contributed by atoms with E-state index in [-0.39, 0.29) is 11.2 Å². The Morgan fingerprint density at radius 2 is 1.96 bits per heavy atom. The average Bonchev–Trinajstić information content (AvgIpc) is 2.53. The summed E-state index contributed by atoms with van der Waals surface area (Å²) >= 11 is 0. The van der Waals surface area contributed by atoms with Gasteiger partial charge in [-0.25, -0.2) is 4.98 Å². The summed E-state index contributed by atoms with van der Waals surface area (Å²) in [7, 11) is 0. The molecule has 1 fully saturated rings. The summed E-state index contributed by atoms with van der Waals surface area (Å²) in [5.74, 6) is 1.34. The van der Waals surface area contributed by atoms with Gasteiger partial charge in [0.15, 0.2) is 0 Å². The number of non-ortho nitro benzene ring substituents is 1. The van der Waals surface area contributed by atoms with Crippen LogP contribution in [0, 0.1) is 22.0 Å². The fourth-order valence-corrected chi connectivity index (χ4v) is 3.64. The van der Waals surface area contributed by atoms with Crippen molar-refractivity contribution in [3.63, 3.8) is 0 Å². The van der Waals surface area contributed by atoms with E-state index in [1.54, 1.807) is 4.57 Å². The van der Waals surface area contributed by atoms with Gasteiger partial charge in [0.05, 0.1) is 22.2 Å². The predicted molar refractivity (Wildman–Crippen MR) is 92.0 cm³/mol. The van der Waals surface area contributed by atoms with E-state index in [2.05, 4.69) is 23.7 Å². The lowest BCUT2D eigenvalue weighted by Gasteiger charge is -2.34. The predicted octanol–water partition coefficient (Wildman–Crippen LogP) is 2.28. The smallest absolute Gasteiger partial charge is 0.270 e. The van der Waals surface area contributed by atoms with Gasteiger partial charge in [0.1, 0.15) is 0 Å². The van der Waals surface area contributed by atoms with Crippen molar-refractivity contribution in [3.05, 3.63) is 45.0 Å². The number of hydrogen-bond donors (Lipinski definition) is 0. The van der Waals surface area contributed by atoms with Crippen molar-refractivity contribution in [2.45, 2.75) is 26.8 Å². The molecule has 2 heterocycles. The number of nitro benzene ring substituents is 1. The summed E-state index contributed by atoms with van der Waals surface area (Å²) < 4.78 is 1.55. The molecule has 1 aromatic carbocycles. The Morgan fingerprint density at radius 1 is 1.25 bits per heavy atom. The van der Waals surface area contributed by atoms with Crippen LogP contribution < -0.4 is 5.56 Å². The fraction of sp³-hybridized carbons (Fsp3) is 0.529. The molecule has 3 rings (SSSR count). The third-order valence-corrected chi connectivity index (χ3v) is 4.62. The lowest BCUT2D eigenvalue weighted by Crippen LogP contribution is -2.41. The van der Waals surface area contributed by atoms with Crippen molar-refractivity contribution in [3.8, 4) is 0 Å². The average molecular weight is 330 g/mol. The molecule has 0 spiro atoms. The number of nitrogens with zero attached hydrogens (tertiary/aromatic N) is 4. The zero-order valence-corrected chi connectivity index (χ0v) is 14.0. The molecule has 0 amide bonds. The van der Waals surface area contributed by atoms with Crippen LogP contribution in [0.2, 0.25) is 0 Å². The van der Waals surface area contributed by atoms with E-state index in [1.165, 1.54) is 30.9 Å². The number of hydrogen-bond acceptors (Lipinski definition) is 5. The fourth-order valence-electron chi connectivity index (χ4n) is 3.64. The molecule has 0 unspecified atom stereocenters. The Morgan fingerprint density at radius 3 is 2.62 bits per heavy atom. The first kappa shape index (κ1) is 16.6. The highest BCUT2D eigenvalue weighted by molar-refractivity contribution is 5.79. The molecule has 2 atom stereocenters. The van der Waals surface area contributed by atoms with Crippen LogP contribution >= 0.6 is 0 Å². The van der Waals surface area contributed by atoms with Gasteiger partial charge in [-0.3, -0.25) is 19.5 Å². The van der Waals surface area contributed by atoms with E-state index in [0.29, 0.717) is 29.3 Å². The van der Waals surface area contributed by atoms with Gasteiger partial charge >= 0.3 is 0 Å². The molecule has 0 aliphatic carbocycles. The molecule has 1 saturated heterocycles. The number of nitro groups is 1. The number of likely N-dealkylation sites (tertiary alicyclic amines) is 1. The first-order valence-corrected chi connectivity index (χ1v) is 8.30. The van der Waals surface area contributed by atoms with Crippen LogP contribution in [-0.2, 0) is 6.54 Å². The summed E-state index contributed by atoms with van der Waals surface area (Å²) in [5, 5.41) is 11.2. The standard InChI is InChI=1S/C17H22N4O3/c1-12-7-13(2)10-19(9-12)5-6-20-11-18-16-4-3-14(21(23)24)8-15(16)17(20)22/h3-4,8,11-13H,5-7,9-10H2,1-2H3/t12-,13+. The molecule has 7 heteroatoms. The molecule has 1 aliphatic heterocycles. The molecule has 0 N–H and O–H groups in total. The highest BCUT2D eigenvalue weighted by atomic mass is 16.6. The van der Waals surface area contributed by atoms with Crippen LogP contribution in [0.3, 0.4) is 0 Å². The molecule has 128 valence electrons. The van der Waals surface area contributed by atoms with Crippen molar-refractivity contribution in [2.24, 2.45) is 11.8 Å². The SMILES string of the molecule is C[C@@H]1C[C@H](C)CN(CCn2cnc3ccc([N+](=O)[O-])cc3c2=O)C1. The van der Waals surface area contributed by atoms with Crippen LogP contribution in [0.15, 0.2) is 29.3 Å². The maximum atomic E-state index is 12.6. The molecule has 1 aromatic heterocycles. The van der Waals surface area contributed by atoms with Crippen LogP contribution in [-0.4, -0.2) is 39.0 Å². The van der Waals surface area contributed by atoms with Gasteiger partial charge in [-0.05, 0) is 24.3 Å². The van der Waals surface area contributed by atoms with Gasteiger partial charge in [-0.1, -0.05) is 13.8 Å². The molecular weight excluding hydrogens is 308 g/mol. The van der Waals surface area contributed by atoms with Crippen molar-refractivity contribution in [2.75, 3.05) is 19.6 Å². The maximum Gasteiger partial charge on any atom is 0.270 e. The minimum atomic E-state index is -0.493. The van der Waals surface area contributed by atoms with E-state index in [0.717, 1.165) is 19.6 Å². The maximum absolute atomic E-state index is 12.6. The molecule has 2 aromatic rings. The van der Waals surface area contributed by atoms with Gasteiger partial charge < -0.3 is 4.90 Å². The Labute approximate surface area is 140 Å². The Kier molecular flexibility index (Phi) is 4.62. The van der Waals surface area contributed by atoms with Gasteiger partial charge in [0.25, 0.3) is 11.2 Å². The van der Waals surface area contributed by atoms with Crippen LogP contribution in [0.5, 0.6) is 0 Å². The normalized spacial score (nSPS) is 21.9. The van der Waals surface area contributed by atoms with Crippen molar-refractivity contribution < 1.29 is 4.92 Å². The van der Waals surface area contributed by atoms with Gasteiger partial charge in [0.2, 0.25) is 0 Å². The molecular formula is C17H22N4O3. The zero-order chi connectivity index (χ0) is 17.3. The molecule has 1 aliphatic rings. The Hall–Kier alpha value is -2.28.